The van der Waals surface area contributed by atoms with Gasteiger partial charge in [-0.1, -0.05) is 30.3 Å². The van der Waals surface area contributed by atoms with Crippen LogP contribution in [0.25, 0.3) is 0 Å². The van der Waals surface area contributed by atoms with Crippen molar-refractivity contribution in [2.24, 2.45) is 0 Å². The summed E-state index contributed by atoms with van der Waals surface area (Å²) in [4.78, 5) is 25.9. The van der Waals surface area contributed by atoms with Crippen LogP contribution in [0, 0.1) is 0 Å². The number of amides is 2. The van der Waals surface area contributed by atoms with Crippen LogP contribution in [0.4, 0.5) is 0 Å². The number of likely N-dealkylation sites (tertiary alicyclic amines) is 1. The molecule has 3 rings (SSSR count). The normalized spacial score (nSPS) is 21.1. The molecule has 2 amide bonds. The first-order chi connectivity index (χ1) is 14.9. The van der Waals surface area contributed by atoms with E-state index in [1.54, 1.807) is 0 Å². The molecule has 0 radical (unpaired) electrons. The molecular weight excluding hydrogens is 392 g/mol. The van der Waals surface area contributed by atoms with E-state index in [9.17, 15) is 9.59 Å². The van der Waals surface area contributed by atoms with Crippen molar-refractivity contribution in [2.75, 3.05) is 73.1 Å². The second-order valence-electron chi connectivity index (χ2n) is 9.79. The average Bonchev–Trinajstić information content (AvgIpc) is 2.74. The molecule has 2 aliphatic heterocycles. The van der Waals surface area contributed by atoms with Gasteiger partial charge in [-0.25, -0.2) is 0 Å². The molecule has 0 saturated carbocycles. The zero-order chi connectivity index (χ0) is 22.2. The van der Waals surface area contributed by atoms with Crippen LogP contribution in [0.3, 0.4) is 0 Å². The predicted molar refractivity (Wildman–Crippen MR) is 121 cm³/mol. The first-order valence-corrected chi connectivity index (χ1v) is 11.7. The van der Waals surface area contributed by atoms with E-state index in [0.717, 1.165) is 60.5 Å². The summed E-state index contributed by atoms with van der Waals surface area (Å²) < 4.78 is 7.14. The Bertz CT molecular complexity index is 713. The number of benzene rings is 1. The zero-order valence-corrected chi connectivity index (χ0v) is 19.3. The Morgan fingerprint density at radius 2 is 1.65 bits per heavy atom. The van der Waals surface area contributed by atoms with Crippen molar-refractivity contribution < 1.29 is 23.3 Å². The van der Waals surface area contributed by atoms with Crippen molar-refractivity contribution >= 4 is 11.8 Å². The summed E-state index contributed by atoms with van der Waals surface area (Å²) in [5.41, 5.74) is 1.05. The Morgan fingerprint density at radius 3 is 2.32 bits per heavy atom. The molecule has 2 fully saturated rings. The van der Waals surface area contributed by atoms with Gasteiger partial charge in [-0.15, -0.1) is 0 Å². The number of nitrogens with zero attached hydrogens (tertiary/aromatic N) is 2. The second-order valence-corrected chi connectivity index (χ2v) is 9.79. The van der Waals surface area contributed by atoms with E-state index < -0.39 is 6.04 Å². The lowest BCUT2D eigenvalue weighted by Gasteiger charge is -2.38. The van der Waals surface area contributed by atoms with E-state index in [0.29, 0.717) is 19.5 Å². The molecule has 31 heavy (non-hydrogen) atoms. The molecule has 0 aromatic heterocycles. The molecule has 0 unspecified atom stereocenters. The third-order valence-corrected chi connectivity index (χ3v) is 6.86. The Labute approximate surface area is 186 Å². The fourth-order valence-electron chi connectivity index (χ4n) is 4.66. The molecule has 2 aliphatic rings. The van der Waals surface area contributed by atoms with Gasteiger partial charge in [0, 0.05) is 6.42 Å². The van der Waals surface area contributed by atoms with Crippen molar-refractivity contribution in [2.45, 2.75) is 31.7 Å². The summed E-state index contributed by atoms with van der Waals surface area (Å²) in [5, 5.41) is 6.12. The highest BCUT2D eigenvalue weighted by Gasteiger charge is 2.30. The van der Waals surface area contributed by atoms with Gasteiger partial charge in [0.25, 0.3) is 5.91 Å². The molecule has 1 aromatic rings. The van der Waals surface area contributed by atoms with Crippen LogP contribution in [0.1, 0.15) is 24.8 Å². The topological polar surface area (TPSA) is 67.4 Å². The van der Waals surface area contributed by atoms with E-state index in [4.69, 9.17) is 4.74 Å². The number of hydrogen-bond acceptors (Lipinski definition) is 3. The predicted octanol–water partition coefficient (Wildman–Crippen LogP) is 0.937. The maximum atomic E-state index is 13.0. The van der Waals surface area contributed by atoms with Crippen LogP contribution >= 0.6 is 0 Å². The highest BCUT2D eigenvalue weighted by molar-refractivity contribution is 5.88. The molecule has 2 saturated heterocycles. The number of morpholine rings is 1. The Hall–Kier alpha value is -1.96. The molecule has 1 aromatic carbocycles. The van der Waals surface area contributed by atoms with E-state index in [1.807, 2.05) is 30.3 Å². The molecule has 0 spiro atoms. The van der Waals surface area contributed by atoms with Crippen LogP contribution < -0.4 is 10.6 Å². The zero-order valence-electron chi connectivity index (χ0n) is 19.3. The third-order valence-electron chi connectivity index (χ3n) is 6.86. The highest BCUT2D eigenvalue weighted by atomic mass is 16.5. The van der Waals surface area contributed by atoms with Gasteiger partial charge in [0.1, 0.15) is 19.1 Å². The van der Waals surface area contributed by atoms with Gasteiger partial charge in [-0.2, -0.15) is 0 Å². The molecule has 2 heterocycles. The van der Waals surface area contributed by atoms with Gasteiger partial charge >= 0.3 is 0 Å². The molecule has 1 atom stereocenters. The van der Waals surface area contributed by atoms with E-state index >= 15 is 0 Å². The minimum atomic E-state index is -0.554. The number of nitrogens with one attached hydrogen (secondary N) is 2. The molecule has 7 heteroatoms. The summed E-state index contributed by atoms with van der Waals surface area (Å²) in [6.07, 6.45) is 4.08. The van der Waals surface area contributed by atoms with Crippen LogP contribution in [-0.4, -0.2) is 99.9 Å². The standard InChI is InChI=1S/C24H38N4O3/c1-27(15-17-31-18-16-27)14-11-25-24(30)22(19-21-9-5-3-6-10-21)26-23(29)20-28(2)12-7-4-8-13-28/h3,5-6,9-10,22H,4,7-8,11-20H2,1-2H3/p+2/t22-/m0/s1. The number of quaternary nitrogens is 2. The summed E-state index contributed by atoms with van der Waals surface area (Å²) >= 11 is 0. The molecule has 0 aliphatic carbocycles. The minimum Gasteiger partial charge on any atom is -0.370 e. The maximum absolute atomic E-state index is 13.0. The SMILES string of the molecule is C[N+]1(CCNC(=O)[C@H](Cc2ccccc2)NC(=O)C[N+]2(C)CCCCC2)CCOCC1. The number of carbonyl (C=O) groups is 2. The molecule has 172 valence electrons. The van der Waals surface area contributed by atoms with Gasteiger partial charge < -0.3 is 24.3 Å². The lowest BCUT2D eigenvalue weighted by molar-refractivity contribution is -0.915. The fraction of sp³-hybridized carbons (Fsp3) is 0.667. The van der Waals surface area contributed by atoms with Crippen molar-refractivity contribution in [1.29, 1.82) is 0 Å². The number of hydrogen-bond donors (Lipinski definition) is 2. The Kier molecular flexibility index (Phi) is 8.46. The largest absolute Gasteiger partial charge is 0.370 e. The fourth-order valence-corrected chi connectivity index (χ4v) is 4.66. The van der Waals surface area contributed by atoms with E-state index in [-0.39, 0.29) is 11.8 Å². The number of carbonyl (C=O) groups excluding carboxylic acids is 2. The molecule has 2 N–H and O–H groups in total. The third kappa shape index (κ3) is 7.59. The maximum Gasteiger partial charge on any atom is 0.275 e. The summed E-state index contributed by atoms with van der Waals surface area (Å²) in [5.74, 6) is -0.133. The highest BCUT2D eigenvalue weighted by Crippen LogP contribution is 2.15. The Morgan fingerprint density at radius 1 is 0.968 bits per heavy atom. The number of rotatable bonds is 9. The molecular formula is C24H40N4O3+2. The number of piperidine rings is 1. The monoisotopic (exact) mass is 432 g/mol. The number of likely N-dealkylation sites (N-methyl/N-ethyl adjacent to an activating group) is 2. The lowest BCUT2D eigenvalue weighted by atomic mass is 10.0. The first-order valence-electron chi connectivity index (χ1n) is 11.7. The van der Waals surface area contributed by atoms with Gasteiger partial charge in [0.15, 0.2) is 6.54 Å². The first kappa shape index (κ1) is 23.7. The van der Waals surface area contributed by atoms with E-state index in [2.05, 4.69) is 24.7 Å². The van der Waals surface area contributed by atoms with Crippen LogP contribution in [0.15, 0.2) is 30.3 Å². The average molecular weight is 433 g/mol. The van der Waals surface area contributed by atoms with Gasteiger partial charge in [0.2, 0.25) is 5.91 Å². The minimum absolute atomic E-state index is 0.0346. The van der Waals surface area contributed by atoms with Crippen molar-refractivity contribution in [3.63, 3.8) is 0 Å². The van der Waals surface area contributed by atoms with Crippen LogP contribution in [0.2, 0.25) is 0 Å². The Balaban J connectivity index is 1.57. The van der Waals surface area contributed by atoms with Crippen LogP contribution in [0.5, 0.6) is 0 Å². The van der Waals surface area contributed by atoms with Crippen molar-refractivity contribution in [3.8, 4) is 0 Å². The van der Waals surface area contributed by atoms with Gasteiger partial charge in [0.05, 0.1) is 53.5 Å². The van der Waals surface area contributed by atoms with Crippen molar-refractivity contribution in [1.82, 2.24) is 10.6 Å². The van der Waals surface area contributed by atoms with Gasteiger partial charge in [-0.3, -0.25) is 9.59 Å². The van der Waals surface area contributed by atoms with E-state index in [1.165, 1.54) is 19.3 Å². The summed E-state index contributed by atoms with van der Waals surface area (Å²) in [6, 6.07) is 9.35. The summed E-state index contributed by atoms with van der Waals surface area (Å²) in [7, 11) is 4.36. The quantitative estimate of drug-likeness (QED) is 0.571. The van der Waals surface area contributed by atoms with Gasteiger partial charge in [-0.05, 0) is 24.8 Å². The van der Waals surface area contributed by atoms with Crippen molar-refractivity contribution in [3.05, 3.63) is 35.9 Å². The summed E-state index contributed by atoms with van der Waals surface area (Å²) in [6.45, 7) is 7.45. The molecule has 7 nitrogen and oxygen atoms in total. The smallest absolute Gasteiger partial charge is 0.275 e. The van der Waals surface area contributed by atoms with Crippen LogP contribution in [-0.2, 0) is 20.7 Å². The number of ether oxygens (including phenoxy) is 1. The molecule has 0 bridgehead atoms. The second kappa shape index (κ2) is 11.1. The lowest BCUT2D eigenvalue weighted by Crippen LogP contribution is -2.58.